The molecule has 94 valence electrons. The second-order valence-electron chi connectivity index (χ2n) is 5.08. The van der Waals surface area contributed by atoms with Gasteiger partial charge in [0.1, 0.15) is 0 Å². The van der Waals surface area contributed by atoms with Gasteiger partial charge in [-0.1, -0.05) is 0 Å². The standard InChI is InChI=1S/C11H25N5/c1-9(2)14-10(15-12)13-8-11(16(3)4)6-5-7-11/h9H,5-8,12H2,1-4H3,(H2,13,14,15). The maximum atomic E-state index is 5.43. The van der Waals surface area contributed by atoms with Crippen molar-refractivity contribution < 1.29 is 0 Å². The summed E-state index contributed by atoms with van der Waals surface area (Å²) in [7, 11) is 4.25. The molecule has 1 aliphatic carbocycles. The minimum atomic E-state index is 0.251. The van der Waals surface area contributed by atoms with E-state index in [1.54, 1.807) is 0 Å². The molecule has 0 aliphatic heterocycles. The van der Waals surface area contributed by atoms with Gasteiger partial charge in [-0.15, -0.1) is 0 Å². The fourth-order valence-corrected chi connectivity index (χ4v) is 1.96. The second kappa shape index (κ2) is 5.50. The Balaban J connectivity index is 2.54. The van der Waals surface area contributed by atoms with Gasteiger partial charge in [-0.05, 0) is 47.2 Å². The molecule has 0 aromatic carbocycles. The van der Waals surface area contributed by atoms with Crippen LogP contribution in [0.3, 0.4) is 0 Å². The first kappa shape index (κ1) is 13.3. The predicted molar refractivity (Wildman–Crippen MR) is 68.2 cm³/mol. The molecule has 0 aromatic heterocycles. The molecule has 0 spiro atoms. The lowest BCUT2D eigenvalue weighted by molar-refractivity contribution is 0.0699. The Bertz CT molecular complexity index is 243. The number of hydrogen-bond acceptors (Lipinski definition) is 3. The Morgan fingerprint density at radius 3 is 2.38 bits per heavy atom. The topological polar surface area (TPSA) is 65.7 Å². The summed E-state index contributed by atoms with van der Waals surface area (Å²) in [6.45, 7) is 4.94. The van der Waals surface area contributed by atoms with Gasteiger partial charge in [-0.2, -0.15) is 0 Å². The molecule has 0 heterocycles. The zero-order chi connectivity index (χ0) is 12.2. The van der Waals surface area contributed by atoms with Gasteiger partial charge < -0.3 is 10.2 Å². The van der Waals surface area contributed by atoms with E-state index in [-0.39, 0.29) is 5.54 Å². The molecule has 1 aliphatic rings. The van der Waals surface area contributed by atoms with Crippen LogP contribution >= 0.6 is 0 Å². The molecular weight excluding hydrogens is 202 g/mol. The predicted octanol–water partition coefficient (Wildman–Crippen LogP) is 0.288. The van der Waals surface area contributed by atoms with Gasteiger partial charge in [-0.25, -0.2) is 5.84 Å². The van der Waals surface area contributed by atoms with Crippen LogP contribution in [0.1, 0.15) is 33.1 Å². The molecule has 0 aromatic rings. The van der Waals surface area contributed by atoms with Crippen molar-refractivity contribution >= 4 is 5.96 Å². The third-order valence-electron chi connectivity index (χ3n) is 3.33. The Kier molecular flexibility index (Phi) is 4.56. The summed E-state index contributed by atoms with van der Waals surface area (Å²) < 4.78 is 0. The van der Waals surface area contributed by atoms with Gasteiger partial charge in [0, 0.05) is 11.6 Å². The molecular formula is C11H25N5. The van der Waals surface area contributed by atoms with E-state index in [1.165, 1.54) is 19.3 Å². The van der Waals surface area contributed by atoms with Crippen LogP contribution in [0.25, 0.3) is 0 Å². The number of nitrogens with two attached hydrogens (primary N) is 1. The highest BCUT2D eigenvalue weighted by Crippen LogP contribution is 2.36. The first-order valence-corrected chi connectivity index (χ1v) is 5.95. The third-order valence-corrected chi connectivity index (χ3v) is 3.33. The third kappa shape index (κ3) is 3.09. The largest absolute Gasteiger partial charge is 0.353 e. The van der Waals surface area contributed by atoms with Crippen LogP contribution in [0, 0.1) is 0 Å². The molecule has 1 rings (SSSR count). The van der Waals surface area contributed by atoms with E-state index in [0.29, 0.717) is 12.0 Å². The summed E-state index contributed by atoms with van der Waals surface area (Å²) in [5, 5.41) is 3.18. The maximum Gasteiger partial charge on any atom is 0.205 e. The van der Waals surface area contributed by atoms with E-state index in [1.807, 2.05) is 0 Å². The van der Waals surface area contributed by atoms with Gasteiger partial charge >= 0.3 is 0 Å². The summed E-state index contributed by atoms with van der Waals surface area (Å²) >= 11 is 0. The van der Waals surface area contributed by atoms with Crippen molar-refractivity contribution in [1.82, 2.24) is 15.6 Å². The molecule has 0 radical (unpaired) electrons. The summed E-state index contributed by atoms with van der Waals surface area (Å²) in [5.74, 6) is 6.11. The number of rotatable bonds is 4. The van der Waals surface area contributed by atoms with Crippen LogP contribution in [-0.2, 0) is 0 Å². The molecule has 16 heavy (non-hydrogen) atoms. The van der Waals surface area contributed by atoms with Crippen molar-refractivity contribution in [2.45, 2.75) is 44.7 Å². The first-order chi connectivity index (χ1) is 7.50. The lowest BCUT2D eigenvalue weighted by Crippen LogP contribution is -2.53. The number of guanidine groups is 1. The zero-order valence-corrected chi connectivity index (χ0v) is 10.9. The average Bonchev–Trinajstić information content (AvgIpc) is 2.12. The molecule has 4 N–H and O–H groups in total. The minimum Gasteiger partial charge on any atom is -0.353 e. The Labute approximate surface area is 98.4 Å². The number of nitrogens with one attached hydrogen (secondary N) is 2. The summed E-state index contributed by atoms with van der Waals surface area (Å²) in [4.78, 5) is 6.81. The van der Waals surface area contributed by atoms with Crippen LogP contribution in [0.5, 0.6) is 0 Å². The highest BCUT2D eigenvalue weighted by atomic mass is 15.3. The minimum absolute atomic E-state index is 0.251. The fraction of sp³-hybridized carbons (Fsp3) is 0.909. The van der Waals surface area contributed by atoms with Gasteiger partial charge in [0.15, 0.2) is 0 Å². The molecule has 5 nitrogen and oxygen atoms in total. The van der Waals surface area contributed by atoms with Crippen molar-refractivity contribution in [3.63, 3.8) is 0 Å². The highest BCUT2D eigenvalue weighted by Gasteiger charge is 2.38. The van der Waals surface area contributed by atoms with Gasteiger partial charge in [-0.3, -0.25) is 10.4 Å². The monoisotopic (exact) mass is 227 g/mol. The van der Waals surface area contributed by atoms with E-state index in [2.05, 4.69) is 48.6 Å². The van der Waals surface area contributed by atoms with E-state index < -0.39 is 0 Å². The second-order valence-corrected chi connectivity index (χ2v) is 5.08. The molecule has 0 atom stereocenters. The highest BCUT2D eigenvalue weighted by molar-refractivity contribution is 5.79. The van der Waals surface area contributed by atoms with Crippen LogP contribution in [0.2, 0.25) is 0 Å². The van der Waals surface area contributed by atoms with E-state index >= 15 is 0 Å². The van der Waals surface area contributed by atoms with Crippen molar-refractivity contribution in [2.75, 3.05) is 20.6 Å². The quantitative estimate of drug-likeness (QED) is 0.279. The number of hydrogen-bond donors (Lipinski definition) is 3. The van der Waals surface area contributed by atoms with E-state index in [0.717, 1.165) is 6.54 Å². The van der Waals surface area contributed by atoms with Crippen LogP contribution < -0.4 is 16.6 Å². The Morgan fingerprint density at radius 1 is 1.44 bits per heavy atom. The van der Waals surface area contributed by atoms with E-state index in [4.69, 9.17) is 5.84 Å². The number of hydrazine groups is 1. The van der Waals surface area contributed by atoms with Crippen LogP contribution in [0.15, 0.2) is 4.99 Å². The number of aliphatic imine (C=N–C) groups is 1. The number of likely N-dealkylation sites (N-methyl/N-ethyl adjacent to an activating group) is 1. The van der Waals surface area contributed by atoms with Crippen LogP contribution in [0.4, 0.5) is 0 Å². The molecule has 0 saturated heterocycles. The lowest BCUT2D eigenvalue weighted by Gasteiger charge is -2.46. The smallest absolute Gasteiger partial charge is 0.205 e. The van der Waals surface area contributed by atoms with Gasteiger partial charge in [0.2, 0.25) is 5.96 Å². The zero-order valence-electron chi connectivity index (χ0n) is 10.9. The van der Waals surface area contributed by atoms with Crippen molar-refractivity contribution in [3.8, 4) is 0 Å². The average molecular weight is 227 g/mol. The molecule has 5 heteroatoms. The fourth-order valence-electron chi connectivity index (χ4n) is 1.96. The van der Waals surface area contributed by atoms with E-state index in [9.17, 15) is 0 Å². The summed E-state index contributed by atoms with van der Waals surface area (Å²) in [5.41, 5.74) is 2.86. The summed E-state index contributed by atoms with van der Waals surface area (Å²) in [6, 6.07) is 0.339. The van der Waals surface area contributed by atoms with Crippen LogP contribution in [-0.4, -0.2) is 43.1 Å². The normalized spacial score (nSPS) is 19.8. The van der Waals surface area contributed by atoms with Crippen molar-refractivity contribution in [1.29, 1.82) is 0 Å². The molecule has 1 fully saturated rings. The van der Waals surface area contributed by atoms with Gasteiger partial charge in [0.25, 0.3) is 0 Å². The lowest BCUT2D eigenvalue weighted by atomic mass is 9.76. The molecule has 0 amide bonds. The van der Waals surface area contributed by atoms with Crippen molar-refractivity contribution in [2.24, 2.45) is 10.8 Å². The first-order valence-electron chi connectivity index (χ1n) is 5.95. The number of nitrogens with zero attached hydrogens (tertiary/aromatic N) is 2. The summed E-state index contributed by atoms with van der Waals surface area (Å²) in [6.07, 6.45) is 3.75. The SMILES string of the molecule is CC(C)NC(=NCC1(N(C)C)CCC1)NN. The Hall–Kier alpha value is -0.810. The van der Waals surface area contributed by atoms with Gasteiger partial charge in [0.05, 0.1) is 6.54 Å². The van der Waals surface area contributed by atoms with Crippen molar-refractivity contribution in [3.05, 3.63) is 0 Å². The molecule has 0 bridgehead atoms. The maximum absolute atomic E-state index is 5.43. The molecule has 1 saturated carbocycles. The Morgan fingerprint density at radius 2 is 2.06 bits per heavy atom. The molecule has 0 unspecified atom stereocenters.